The Morgan fingerprint density at radius 2 is 2.10 bits per heavy atom. The lowest BCUT2D eigenvalue weighted by molar-refractivity contribution is 0.385. The second-order valence-corrected chi connectivity index (χ2v) is 5.38. The van der Waals surface area contributed by atoms with E-state index in [-0.39, 0.29) is 12.1 Å². The number of rotatable bonds is 3. The van der Waals surface area contributed by atoms with Gasteiger partial charge in [0.2, 0.25) is 5.89 Å². The van der Waals surface area contributed by atoms with Gasteiger partial charge in [-0.2, -0.15) is 4.98 Å². The highest BCUT2D eigenvalue weighted by atomic mass is 35.5. The highest BCUT2D eigenvalue weighted by Gasteiger charge is 2.16. The molecule has 0 amide bonds. The molecule has 0 aliphatic rings. The van der Waals surface area contributed by atoms with E-state index in [1.165, 1.54) is 4.57 Å². The molecular weight excluding hydrogens is 292 g/mol. The van der Waals surface area contributed by atoms with Gasteiger partial charge >= 0.3 is 0 Å². The number of hydrogen-bond acceptors (Lipinski definition) is 5. The second kappa shape index (κ2) is 5.29. The smallest absolute Gasteiger partial charge is 0.261 e. The van der Waals surface area contributed by atoms with Crippen molar-refractivity contribution in [1.29, 1.82) is 0 Å². The third kappa shape index (κ3) is 2.54. The number of halogens is 1. The minimum Gasteiger partial charge on any atom is -0.340 e. The number of alkyl halides is 1. The normalized spacial score (nSPS) is 12.7. The van der Waals surface area contributed by atoms with Crippen LogP contribution in [0.3, 0.4) is 0 Å². The summed E-state index contributed by atoms with van der Waals surface area (Å²) in [6.07, 6.45) is 0. The molecule has 1 atom stereocenters. The molecule has 0 N–H and O–H groups in total. The van der Waals surface area contributed by atoms with E-state index in [0.717, 1.165) is 0 Å². The molecule has 1 unspecified atom stereocenters. The first kappa shape index (κ1) is 13.8. The molecule has 0 radical (unpaired) electrons. The van der Waals surface area contributed by atoms with Crippen molar-refractivity contribution in [1.82, 2.24) is 19.7 Å². The first-order valence-corrected chi connectivity index (χ1v) is 6.92. The zero-order valence-corrected chi connectivity index (χ0v) is 12.3. The van der Waals surface area contributed by atoms with Crippen molar-refractivity contribution in [3.8, 4) is 0 Å². The van der Waals surface area contributed by atoms with Crippen LogP contribution in [0.4, 0.5) is 0 Å². The molecule has 3 aromatic rings. The van der Waals surface area contributed by atoms with E-state index in [9.17, 15) is 4.79 Å². The zero-order valence-electron chi connectivity index (χ0n) is 11.6. The SMILES string of the molecule is Cc1nc(Cn2c(C(C)Cl)nc3ccccc3c2=O)no1. The van der Waals surface area contributed by atoms with Crippen LogP contribution < -0.4 is 5.56 Å². The molecule has 3 rings (SSSR count). The summed E-state index contributed by atoms with van der Waals surface area (Å²) in [7, 11) is 0. The topological polar surface area (TPSA) is 73.8 Å². The molecule has 1 aromatic carbocycles. The van der Waals surface area contributed by atoms with Crippen LogP contribution >= 0.6 is 11.6 Å². The summed E-state index contributed by atoms with van der Waals surface area (Å²) >= 11 is 6.17. The Morgan fingerprint density at radius 3 is 2.76 bits per heavy atom. The summed E-state index contributed by atoms with van der Waals surface area (Å²) < 4.78 is 6.42. The summed E-state index contributed by atoms with van der Waals surface area (Å²) in [5, 5.41) is 3.95. The maximum absolute atomic E-state index is 12.6. The number of nitrogens with zero attached hydrogens (tertiary/aromatic N) is 4. The van der Waals surface area contributed by atoms with Crippen LogP contribution in [-0.4, -0.2) is 19.7 Å². The first-order chi connectivity index (χ1) is 10.1. The fraction of sp³-hybridized carbons (Fsp3) is 0.286. The number of para-hydroxylation sites is 1. The lowest BCUT2D eigenvalue weighted by Crippen LogP contribution is -2.26. The molecule has 2 aromatic heterocycles. The molecule has 0 fully saturated rings. The van der Waals surface area contributed by atoms with Crippen molar-refractivity contribution in [2.75, 3.05) is 0 Å². The second-order valence-electron chi connectivity index (χ2n) is 4.72. The molecule has 108 valence electrons. The van der Waals surface area contributed by atoms with E-state index in [1.54, 1.807) is 32.0 Å². The Balaban J connectivity index is 2.21. The predicted octanol–water partition coefficient (Wildman–Crippen LogP) is 2.44. The molecule has 0 aliphatic carbocycles. The van der Waals surface area contributed by atoms with Crippen molar-refractivity contribution in [2.24, 2.45) is 0 Å². The Bertz CT molecular complexity index is 854. The van der Waals surface area contributed by atoms with Crippen molar-refractivity contribution >= 4 is 22.5 Å². The summed E-state index contributed by atoms with van der Waals surface area (Å²) in [6.45, 7) is 3.65. The quantitative estimate of drug-likeness (QED) is 0.695. The molecule has 0 saturated carbocycles. The number of benzene rings is 1. The largest absolute Gasteiger partial charge is 0.340 e. The number of aromatic nitrogens is 4. The minimum atomic E-state index is -0.407. The average molecular weight is 305 g/mol. The molecule has 0 spiro atoms. The zero-order chi connectivity index (χ0) is 15.0. The summed E-state index contributed by atoms with van der Waals surface area (Å²) in [5.74, 6) is 1.36. The Hall–Kier alpha value is -2.21. The van der Waals surface area contributed by atoms with Crippen LogP contribution in [0, 0.1) is 6.92 Å². The molecule has 6 nitrogen and oxygen atoms in total. The van der Waals surface area contributed by atoms with Gasteiger partial charge in [-0.1, -0.05) is 17.3 Å². The van der Waals surface area contributed by atoms with Gasteiger partial charge in [-0.25, -0.2) is 4.98 Å². The van der Waals surface area contributed by atoms with Crippen molar-refractivity contribution in [3.63, 3.8) is 0 Å². The third-order valence-electron chi connectivity index (χ3n) is 3.12. The molecule has 21 heavy (non-hydrogen) atoms. The fourth-order valence-corrected chi connectivity index (χ4v) is 2.36. The van der Waals surface area contributed by atoms with Crippen LogP contribution in [-0.2, 0) is 6.54 Å². The fourth-order valence-electron chi connectivity index (χ4n) is 2.19. The molecule has 0 saturated heterocycles. The van der Waals surface area contributed by atoms with E-state index >= 15 is 0 Å². The standard InChI is InChI=1S/C14H13ClN4O2/c1-8(15)13-17-11-6-4-3-5-10(11)14(20)19(13)7-12-16-9(2)21-18-12/h3-6,8H,7H2,1-2H3. The Labute approximate surface area is 125 Å². The van der Waals surface area contributed by atoms with Crippen LogP contribution in [0.5, 0.6) is 0 Å². The van der Waals surface area contributed by atoms with Gasteiger partial charge in [0.15, 0.2) is 5.82 Å². The van der Waals surface area contributed by atoms with Gasteiger partial charge in [0.05, 0.1) is 22.8 Å². The lowest BCUT2D eigenvalue weighted by atomic mass is 10.2. The Kier molecular flexibility index (Phi) is 3.47. The monoisotopic (exact) mass is 304 g/mol. The minimum absolute atomic E-state index is 0.162. The third-order valence-corrected chi connectivity index (χ3v) is 3.31. The van der Waals surface area contributed by atoms with Gasteiger partial charge in [0.1, 0.15) is 5.82 Å². The average Bonchev–Trinajstić information content (AvgIpc) is 2.87. The van der Waals surface area contributed by atoms with Gasteiger partial charge in [-0.3, -0.25) is 9.36 Å². The van der Waals surface area contributed by atoms with Crippen molar-refractivity contribution < 1.29 is 4.52 Å². The molecule has 2 heterocycles. The maximum Gasteiger partial charge on any atom is 0.261 e. The van der Waals surface area contributed by atoms with Gasteiger partial charge in [-0.15, -0.1) is 11.6 Å². The molecule has 7 heteroatoms. The van der Waals surface area contributed by atoms with Crippen LogP contribution in [0.15, 0.2) is 33.6 Å². The highest BCUT2D eigenvalue weighted by molar-refractivity contribution is 6.20. The number of fused-ring (bicyclic) bond motifs is 1. The number of hydrogen-bond donors (Lipinski definition) is 0. The van der Waals surface area contributed by atoms with Crippen molar-refractivity contribution in [2.45, 2.75) is 25.8 Å². The molecule has 0 bridgehead atoms. The van der Waals surface area contributed by atoms with Gasteiger partial charge in [0, 0.05) is 6.92 Å². The van der Waals surface area contributed by atoms with Gasteiger partial charge in [0.25, 0.3) is 5.56 Å². The van der Waals surface area contributed by atoms with Gasteiger partial charge < -0.3 is 4.52 Å². The summed E-state index contributed by atoms with van der Waals surface area (Å²) in [5.41, 5.74) is 0.469. The van der Waals surface area contributed by atoms with Crippen molar-refractivity contribution in [3.05, 3.63) is 52.2 Å². The Morgan fingerprint density at radius 1 is 1.33 bits per heavy atom. The predicted molar refractivity (Wildman–Crippen MR) is 78.4 cm³/mol. The molecule has 0 aliphatic heterocycles. The maximum atomic E-state index is 12.6. The van der Waals surface area contributed by atoms with E-state index in [0.29, 0.717) is 28.4 Å². The van der Waals surface area contributed by atoms with Crippen LogP contribution in [0.25, 0.3) is 10.9 Å². The van der Waals surface area contributed by atoms with E-state index in [1.807, 2.05) is 6.07 Å². The molecular formula is C14H13ClN4O2. The number of aryl methyl sites for hydroxylation is 1. The van der Waals surface area contributed by atoms with Crippen LogP contribution in [0.1, 0.15) is 29.8 Å². The van der Waals surface area contributed by atoms with Gasteiger partial charge in [-0.05, 0) is 19.1 Å². The summed E-state index contributed by atoms with van der Waals surface area (Å²) in [6, 6.07) is 7.18. The van der Waals surface area contributed by atoms with Crippen LogP contribution in [0.2, 0.25) is 0 Å². The highest BCUT2D eigenvalue weighted by Crippen LogP contribution is 2.19. The lowest BCUT2D eigenvalue weighted by Gasteiger charge is -2.13. The van der Waals surface area contributed by atoms with E-state index in [4.69, 9.17) is 16.1 Å². The summed E-state index contributed by atoms with van der Waals surface area (Å²) in [4.78, 5) is 21.2. The van der Waals surface area contributed by atoms with E-state index in [2.05, 4.69) is 15.1 Å². The van der Waals surface area contributed by atoms with E-state index < -0.39 is 5.38 Å². The first-order valence-electron chi connectivity index (χ1n) is 6.49.